The zero-order chi connectivity index (χ0) is 14.9. The van der Waals surface area contributed by atoms with Crippen molar-refractivity contribution < 1.29 is 9.26 Å². The molecule has 0 amide bonds. The Kier molecular flexibility index (Phi) is 4.06. The molecule has 2 fully saturated rings. The van der Waals surface area contributed by atoms with E-state index in [-0.39, 0.29) is 11.1 Å². The Morgan fingerprint density at radius 3 is 2.71 bits per heavy atom. The lowest BCUT2D eigenvalue weighted by Crippen LogP contribution is -2.36. The van der Waals surface area contributed by atoms with Gasteiger partial charge in [0.25, 0.3) is 0 Å². The summed E-state index contributed by atoms with van der Waals surface area (Å²) in [6.45, 7) is 8.20. The molecule has 1 saturated heterocycles. The molecular formula is C16H27N3O2. The number of aromatic nitrogens is 2. The van der Waals surface area contributed by atoms with Gasteiger partial charge in [-0.05, 0) is 64.8 Å². The van der Waals surface area contributed by atoms with E-state index in [9.17, 15) is 0 Å². The van der Waals surface area contributed by atoms with E-state index in [0.29, 0.717) is 12.5 Å². The summed E-state index contributed by atoms with van der Waals surface area (Å²) in [5.74, 6) is 2.23. The zero-order valence-electron chi connectivity index (χ0n) is 13.4. The molecule has 5 heteroatoms. The molecule has 5 nitrogen and oxygen atoms in total. The summed E-state index contributed by atoms with van der Waals surface area (Å²) in [6, 6.07) is 0. The van der Waals surface area contributed by atoms with Crippen LogP contribution in [0.1, 0.15) is 71.0 Å². The summed E-state index contributed by atoms with van der Waals surface area (Å²) in [5.41, 5.74) is -0.501. The maximum atomic E-state index is 6.11. The highest BCUT2D eigenvalue weighted by Crippen LogP contribution is 2.42. The Bertz CT molecular complexity index is 472. The van der Waals surface area contributed by atoms with Crippen LogP contribution in [0.25, 0.3) is 0 Å². The summed E-state index contributed by atoms with van der Waals surface area (Å²) in [5, 5.41) is 7.77. The molecule has 2 aliphatic rings. The molecule has 1 saturated carbocycles. The summed E-state index contributed by atoms with van der Waals surface area (Å²) in [6.07, 6.45) is 6.52. The van der Waals surface area contributed by atoms with Gasteiger partial charge in [0.05, 0.1) is 5.54 Å². The maximum absolute atomic E-state index is 6.11. The van der Waals surface area contributed by atoms with Crippen LogP contribution in [-0.2, 0) is 15.9 Å². The molecule has 1 atom stereocenters. The van der Waals surface area contributed by atoms with Crippen molar-refractivity contribution in [3.05, 3.63) is 11.7 Å². The van der Waals surface area contributed by atoms with Gasteiger partial charge in [0.2, 0.25) is 11.7 Å². The molecule has 118 valence electrons. The summed E-state index contributed by atoms with van der Waals surface area (Å²) < 4.78 is 11.7. The number of rotatable bonds is 4. The third kappa shape index (κ3) is 2.73. The standard InChI is InChI=1S/C16H27N3O2/c1-4-20-16(9-6-12(2)7-10-16)13-18-14(21-19-13)15(3)8-5-11-17-15/h12,17H,4-11H2,1-3H3. The normalized spacial score (nSPS) is 37.0. The van der Waals surface area contributed by atoms with Crippen molar-refractivity contribution in [1.82, 2.24) is 15.5 Å². The van der Waals surface area contributed by atoms with Gasteiger partial charge in [0.15, 0.2) is 0 Å². The first kappa shape index (κ1) is 15.0. The van der Waals surface area contributed by atoms with Gasteiger partial charge in [-0.3, -0.25) is 0 Å². The lowest BCUT2D eigenvalue weighted by molar-refractivity contribution is -0.0847. The number of hydrogen-bond donors (Lipinski definition) is 1. The predicted octanol–water partition coefficient (Wildman–Crippen LogP) is 3.11. The van der Waals surface area contributed by atoms with Crippen LogP contribution in [0.4, 0.5) is 0 Å². The van der Waals surface area contributed by atoms with Crippen LogP contribution in [-0.4, -0.2) is 23.3 Å². The smallest absolute Gasteiger partial charge is 0.246 e. The van der Waals surface area contributed by atoms with Gasteiger partial charge in [-0.15, -0.1) is 0 Å². The summed E-state index contributed by atoms with van der Waals surface area (Å²) in [4.78, 5) is 4.74. The molecule has 0 bridgehead atoms. The molecule has 2 heterocycles. The Hall–Kier alpha value is -0.940. The Labute approximate surface area is 126 Å². The second-order valence-electron chi connectivity index (χ2n) is 6.90. The Morgan fingerprint density at radius 1 is 1.33 bits per heavy atom. The third-order valence-electron chi connectivity index (χ3n) is 5.18. The van der Waals surface area contributed by atoms with E-state index >= 15 is 0 Å². The van der Waals surface area contributed by atoms with E-state index in [1.807, 2.05) is 6.92 Å². The minimum atomic E-state index is -0.335. The molecule has 0 radical (unpaired) electrons. The molecule has 1 aliphatic carbocycles. The molecular weight excluding hydrogens is 266 g/mol. The van der Waals surface area contributed by atoms with Crippen LogP contribution in [0.5, 0.6) is 0 Å². The number of ether oxygens (including phenoxy) is 1. The van der Waals surface area contributed by atoms with Gasteiger partial charge >= 0.3 is 0 Å². The van der Waals surface area contributed by atoms with E-state index in [2.05, 4.69) is 24.3 Å². The SMILES string of the molecule is CCOC1(c2noc(C3(C)CCCN3)n2)CCC(C)CC1. The van der Waals surface area contributed by atoms with Gasteiger partial charge in [0, 0.05) is 6.61 Å². The fourth-order valence-electron chi connectivity index (χ4n) is 3.65. The minimum Gasteiger partial charge on any atom is -0.367 e. The van der Waals surface area contributed by atoms with Crippen LogP contribution in [0.3, 0.4) is 0 Å². The van der Waals surface area contributed by atoms with E-state index in [0.717, 1.165) is 44.0 Å². The van der Waals surface area contributed by atoms with Crippen LogP contribution in [0.15, 0.2) is 4.52 Å². The zero-order valence-corrected chi connectivity index (χ0v) is 13.4. The summed E-state index contributed by atoms with van der Waals surface area (Å²) in [7, 11) is 0. The summed E-state index contributed by atoms with van der Waals surface area (Å²) >= 11 is 0. The third-order valence-corrected chi connectivity index (χ3v) is 5.18. The highest BCUT2D eigenvalue weighted by atomic mass is 16.5. The number of hydrogen-bond acceptors (Lipinski definition) is 5. The van der Waals surface area contributed by atoms with E-state index in [1.165, 1.54) is 12.8 Å². The first-order valence-electron chi connectivity index (χ1n) is 8.32. The lowest BCUT2D eigenvalue weighted by Gasteiger charge is -2.36. The van der Waals surface area contributed by atoms with Crippen LogP contribution >= 0.6 is 0 Å². The first-order valence-corrected chi connectivity index (χ1v) is 8.32. The van der Waals surface area contributed by atoms with Crippen molar-refractivity contribution in [2.45, 2.75) is 70.4 Å². The van der Waals surface area contributed by atoms with E-state index in [4.69, 9.17) is 14.2 Å². The maximum Gasteiger partial charge on any atom is 0.246 e. The molecule has 1 aliphatic heterocycles. The van der Waals surface area contributed by atoms with Crippen molar-refractivity contribution in [2.75, 3.05) is 13.2 Å². The average Bonchev–Trinajstić information content (AvgIpc) is 3.12. The van der Waals surface area contributed by atoms with Crippen molar-refractivity contribution in [3.8, 4) is 0 Å². The molecule has 1 unspecified atom stereocenters. The van der Waals surface area contributed by atoms with E-state index < -0.39 is 0 Å². The van der Waals surface area contributed by atoms with Gasteiger partial charge in [-0.1, -0.05) is 12.1 Å². The highest BCUT2D eigenvalue weighted by Gasteiger charge is 2.43. The van der Waals surface area contributed by atoms with Gasteiger partial charge < -0.3 is 14.6 Å². The lowest BCUT2D eigenvalue weighted by atomic mass is 9.79. The molecule has 0 spiro atoms. The van der Waals surface area contributed by atoms with Crippen molar-refractivity contribution in [2.24, 2.45) is 5.92 Å². The number of nitrogens with zero attached hydrogens (tertiary/aromatic N) is 2. The average molecular weight is 293 g/mol. The second-order valence-corrected chi connectivity index (χ2v) is 6.90. The molecule has 1 N–H and O–H groups in total. The quantitative estimate of drug-likeness (QED) is 0.924. The Morgan fingerprint density at radius 2 is 2.10 bits per heavy atom. The highest BCUT2D eigenvalue weighted by molar-refractivity contribution is 5.09. The van der Waals surface area contributed by atoms with Gasteiger partial charge in [0.1, 0.15) is 5.60 Å². The number of nitrogens with one attached hydrogen (secondary N) is 1. The predicted molar refractivity (Wildman–Crippen MR) is 79.8 cm³/mol. The van der Waals surface area contributed by atoms with Crippen molar-refractivity contribution in [3.63, 3.8) is 0 Å². The molecule has 1 aromatic rings. The van der Waals surface area contributed by atoms with Gasteiger partial charge in [-0.2, -0.15) is 4.98 Å². The minimum absolute atomic E-state index is 0.166. The molecule has 1 aromatic heterocycles. The Balaban J connectivity index is 1.85. The molecule has 0 aromatic carbocycles. The fraction of sp³-hybridized carbons (Fsp3) is 0.875. The topological polar surface area (TPSA) is 60.2 Å². The van der Waals surface area contributed by atoms with Crippen LogP contribution < -0.4 is 5.32 Å². The molecule has 21 heavy (non-hydrogen) atoms. The second kappa shape index (κ2) is 5.69. The largest absolute Gasteiger partial charge is 0.367 e. The molecule has 3 rings (SSSR count). The van der Waals surface area contributed by atoms with Crippen molar-refractivity contribution >= 4 is 0 Å². The van der Waals surface area contributed by atoms with Crippen LogP contribution in [0.2, 0.25) is 0 Å². The van der Waals surface area contributed by atoms with Gasteiger partial charge in [-0.25, -0.2) is 0 Å². The van der Waals surface area contributed by atoms with Crippen LogP contribution in [0, 0.1) is 5.92 Å². The first-order chi connectivity index (χ1) is 10.1. The van der Waals surface area contributed by atoms with E-state index in [1.54, 1.807) is 0 Å². The fourth-order valence-corrected chi connectivity index (χ4v) is 3.65. The monoisotopic (exact) mass is 293 g/mol. The van der Waals surface area contributed by atoms with Crippen molar-refractivity contribution in [1.29, 1.82) is 0 Å².